The average Bonchev–Trinajstić information content (AvgIpc) is 2.43. The molecule has 0 saturated heterocycles. The Labute approximate surface area is 128 Å². The Morgan fingerprint density at radius 3 is 2.76 bits per heavy atom. The molecular weight excluding hydrogens is 288 g/mol. The molecule has 0 unspecified atom stereocenters. The maximum atomic E-state index is 12.2. The average molecular weight is 305 g/mol. The number of hydrogen-bond acceptors (Lipinski definition) is 4. The highest BCUT2D eigenvalue weighted by Gasteiger charge is 2.11. The van der Waals surface area contributed by atoms with Crippen LogP contribution in [0.2, 0.25) is 5.02 Å². The third-order valence-electron chi connectivity index (χ3n) is 2.82. The van der Waals surface area contributed by atoms with Gasteiger partial charge >= 0.3 is 0 Å². The molecule has 21 heavy (non-hydrogen) atoms. The summed E-state index contributed by atoms with van der Waals surface area (Å²) in [4.78, 5) is 20.5. The van der Waals surface area contributed by atoms with Crippen LogP contribution >= 0.6 is 11.6 Å². The van der Waals surface area contributed by atoms with Gasteiger partial charge in [-0.05, 0) is 44.5 Å². The number of benzene rings is 1. The van der Waals surface area contributed by atoms with Gasteiger partial charge in [0.05, 0.1) is 0 Å². The smallest absolute Gasteiger partial charge is 0.274 e. The molecule has 0 aliphatic rings. The first kappa shape index (κ1) is 15.3. The van der Waals surface area contributed by atoms with Gasteiger partial charge < -0.3 is 10.6 Å². The van der Waals surface area contributed by atoms with Gasteiger partial charge in [-0.3, -0.25) is 4.79 Å². The van der Waals surface area contributed by atoms with E-state index in [-0.39, 0.29) is 11.9 Å². The molecular formula is C15H17ClN4O. The molecule has 0 aliphatic carbocycles. The number of rotatable bonds is 4. The fourth-order valence-corrected chi connectivity index (χ4v) is 1.92. The predicted molar refractivity (Wildman–Crippen MR) is 84.9 cm³/mol. The number of nitrogens with zero attached hydrogens (tertiary/aromatic N) is 2. The number of carbonyl (C=O) groups is 1. The first-order valence-corrected chi connectivity index (χ1v) is 7.01. The van der Waals surface area contributed by atoms with Crippen molar-refractivity contribution < 1.29 is 4.79 Å². The summed E-state index contributed by atoms with van der Waals surface area (Å²) in [5.74, 6) is 0.134. The zero-order valence-corrected chi connectivity index (χ0v) is 12.9. The Morgan fingerprint density at radius 2 is 2.05 bits per heavy atom. The van der Waals surface area contributed by atoms with E-state index in [4.69, 9.17) is 11.6 Å². The van der Waals surface area contributed by atoms with Crippen molar-refractivity contribution in [3.63, 3.8) is 0 Å². The van der Waals surface area contributed by atoms with Crippen molar-refractivity contribution in [1.29, 1.82) is 0 Å². The zero-order valence-electron chi connectivity index (χ0n) is 12.1. The highest BCUT2D eigenvalue weighted by atomic mass is 35.5. The second kappa shape index (κ2) is 6.54. The first-order valence-electron chi connectivity index (χ1n) is 6.63. The SMILES string of the molecule is Cc1c(Cl)cccc1NC(=O)c1ccnc(NC(C)C)n1. The third kappa shape index (κ3) is 3.92. The standard InChI is InChI=1S/C15H17ClN4O/c1-9(2)18-15-17-8-7-13(20-15)14(21)19-12-6-4-5-11(16)10(12)3/h4-9H,1-3H3,(H,19,21)(H,17,18,20). The van der Waals surface area contributed by atoms with Crippen LogP contribution in [-0.2, 0) is 0 Å². The largest absolute Gasteiger partial charge is 0.352 e. The Balaban J connectivity index is 2.18. The quantitative estimate of drug-likeness (QED) is 0.907. The molecule has 0 fully saturated rings. The molecule has 1 aromatic carbocycles. The fourth-order valence-electron chi connectivity index (χ4n) is 1.74. The monoisotopic (exact) mass is 304 g/mol. The third-order valence-corrected chi connectivity index (χ3v) is 3.23. The molecule has 0 bridgehead atoms. The molecule has 0 saturated carbocycles. The lowest BCUT2D eigenvalue weighted by atomic mass is 10.2. The van der Waals surface area contributed by atoms with Crippen LogP contribution in [0.15, 0.2) is 30.5 Å². The van der Waals surface area contributed by atoms with Crippen LogP contribution < -0.4 is 10.6 Å². The van der Waals surface area contributed by atoms with Gasteiger partial charge in [0.25, 0.3) is 5.91 Å². The Hall–Kier alpha value is -2.14. The molecule has 2 aromatic rings. The highest BCUT2D eigenvalue weighted by Crippen LogP contribution is 2.23. The fraction of sp³-hybridized carbons (Fsp3) is 0.267. The van der Waals surface area contributed by atoms with Gasteiger partial charge in [0.1, 0.15) is 5.69 Å². The second-order valence-electron chi connectivity index (χ2n) is 4.93. The van der Waals surface area contributed by atoms with Gasteiger partial charge in [-0.1, -0.05) is 17.7 Å². The Morgan fingerprint density at radius 1 is 1.29 bits per heavy atom. The molecule has 2 rings (SSSR count). The van der Waals surface area contributed by atoms with Gasteiger partial charge in [0.2, 0.25) is 5.95 Å². The van der Waals surface area contributed by atoms with E-state index >= 15 is 0 Å². The Kier molecular flexibility index (Phi) is 4.75. The van der Waals surface area contributed by atoms with Crippen molar-refractivity contribution in [2.45, 2.75) is 26.8 Å². The lowest BCUT2D eigenvalue weighted by Gasteiger charge is -2.11. The summed E-state index contributed by atoms with van der Waals surface area (Å²) in [6.45, 7) is 5.81. The molecule has 1 heterocycles. The van der Waals surface area contributed by atoms with Gasteiger partial charge in [-0.2, -0.15) is 0 Å². The van der Waals surface area contributed by atoms with Gasteiger partial charge in [0, 0.05) is 22.9 Å². The lowest BCUT2D eigenvalue weighted by molar-refractivity contribution is 0.102. The molecule has 0 aliphatic heterocycles. The number of nitrogens with one attached hydrogen (secondary N) is 2. The Bertz CT molecular complexity index is 658. The van der Waals surface area contributed by atoms with Crippen LogP contribution in [-0.4, -0.2) is 21.9 Å². The molecule has 0 radical (unpaired) electrons. The van der Waals surface area contributed by atoms with Crippen molar-refractivity contribution in [3.8, 4) is 0 Å². The van der Waals surface area contributed by atoms with Crippen LogP contribution in [0.25, 0.3) is 0 Å². The van der Waals surface area contributed by atoms with E-state index in [1.165, 1.54) is 0 Å². The number of carbonyl (C=O) groups excluding carboxylic acids is 1. The minimum atomic E-state index is -0.297. The van der Waals surface area contributed by atoms with E-state index < -0.39 is 0 Å². The van der Waals surface area contributed by atoms with Gasteiger partial charge in [-0.15, -0.1) is 0 Å². The van der Waals surface area contributed by atoms with E-state index in [0.29, 0.717) is 22.4 Å². The predicted octanol–water partition coefficient (Wildman–Crippen LogP) is 3.51. The van der Waals surface area contributed by atoms with Crippen LogP contribution in [0.1, 0.15) is 29.9 Å². The van der Waals surface area contributed by atoms with Crippen molar-refractivity contribution >= 4 is 29.1 Å². The van der Waals surface area contributed by atoms with E-state index in [0.717, 1.165) is 5.56 Å². The van der Waals surface area contributed by atoms with E-state index in [1.807, 2.05) is 20.8 Å². The minimum absolute atomic E-state index is 0.193. The minimum Gasteiger partial charge on any atom is -0.352 e. The summed E-state index contributed by atoms with van der Waals surface area (Å²) >= 11 is 6.04. The molecule has 2 N–H and O–H groups in total. The highest BCUT2D eigenvalue weighted by molar-refractivity contribution is 6.31. The van der Waals surface area contributed by atoms with Gasteiger partial charge in [0.15, 0.2) is 0 Å². The molecule has 1 aromatic heterocycles. The number of hydrogen-bond donors (Lipinski definition) is 2. The normalized spacial score (nSPS) is 10.5. The first-order chi connectivity index (χ1) is 9.97. The molecule has 0 spiro atoms. The van der Waals surface area contributed by atoms with Crippen molar-refractivity contribution in [2.24, 2.45) is 0 Å². The maximum Gasteiger partial charge on any atom is 0.274 e. The number of amides is 1. The molecule has 1 amide bonds. The van der Waals surface area contributed by atoms with Crippen molar-refractivity contribution in [2.75, 3.05) is 10.6 Å². The molecule has 6 heteroatoms. The number of halogens is 1. The van der Waals surface area contributed by atoms with Crippen molar-refractivity contribution in [1.82, 2.24) is 9.97 Å². The van der Waals surface area contributed by atoms with E-state index in [1.54, 1.807) is 30.5 Å². The number of aromatic nitrogens is 2. The summed E-state index contributed by atoms with van der Waals surface area (Å²) in [7, 11) is 0. The van der Waals surface area contributed by atoms with Gasteiger partial charge in [-0.25, -0.2) is 9.97 Å². The summed E-state index contributed by atoms with van der Waals surface area (Å²) in [6, 6.07) is 7.13. The summed E-state index contributed by atoms with van der Waals surface area (Å²) in [6.07, 6.45) is 1.55. The van der Waals surface area contributed by atoms with Crippen LogP contribution in [0.4, 0.5) is 11.6 Å². The summed E-state index contributed by atoms with van der Waals surface area (Å²) in [5.41, 5.74) is 1.79. The molecule has 110 valence electrons. The molecule has 5 nitrogen and oxygen atoms in total. The summed E-state index contributed by atoms with van der Waals surface area (Å²) in [5, 5.41) is 6.48. The van der Waals surface area contributed by atoms with E-state index in [9.17, 15) is 4.79 Å². The van der Waals surface area contributed by atoms with Crippen LogP contribution in [0, 0.1) is 6.92 Å². The van der Waals surface area contributed by atoms with Crippen LogP contribution in [0.3, 0.4) is 0 Å². The lowest BCUT2D eigenvalue weighted by Crippen LogP contribution is -2.18. The molecule has 0 atom stereocenters. The topological polar surface area (TPSA) is 66.9 Å². The van der Waals surface area contributed by atoms with Crippen molar-refractivity contribution in [3.05, 3.63) is 46.7 Å². The van der Waals surface area contributed by atoms with E-state index in [2.05, 4.69) is 20.6 Å². The van der Waals surface area contributed by atoms with Crippen LogP contribution in [0.5, 0.6) is 0 Å². The maximum absolute atomic E-state index is 12.2. The summed E-state index contributed by atoms with van der Waals surface area (Å²) < 4.78 is 0. The zero-order chi connectivity index (χ0) is 15.4. The number of anilines is 2. The second-order valence-corrected chi connectivity index (χ2v) is 5.34.